The SMILES string of the molecule is CC1CC(C)C(C)N(c2cc(NN)nc(N)n2)C1. The Labute approximate surface area is 108 Å². The standard InChI is InChI=1S/C12H22N6/c1-7-4-8(2)9(3)18(6-7)11-5-10(17-14)15-12(13)16-11/h5,7-9H,4,6,14H2,1-3H3,(H3,13,15,16,17). The quantitative estimate of drug-likeness (QED) is 0.540. The van der Waals surface area contributed by atoms with E-state index in [9.17, 15) is 0 Å². The molecule has 0 amide bonds. The maximum atomic E-state index is 5.71. The molecule has 1 saturated heterocycles. The van der Waals surface area contributed by atoms with Crippen LogP contribution in [0.25, 0.3) is 0 Å². The molecule has 18 heavy (non-hydrogen) atoms. The molecule has 3 unspecified atom stereocenters. The van der Waals surface area contributed by atoms with Gasteiger partial charge in [0.05, 0.1) is 0 Å². The lowest BCUT2D eigenvalue weighted by atomic mass is 9.86. The Morgan fingerprint density at radius 2 is 2.06 bits per heavy atom. The average Bonchev–Trinajstić information content (AvgIpc) is 2.32. The van der Waals surface area contributed by atoms with Gasteiger partial charge in [-0.1, -0.05) is 13.8 Å². The van der Waals surface area contributed by atoms with Gasteiger partial charge in [-0.25, -0.2) is 5.84 Å². The first kappa shape index (κ1) is 12.9. The molecule has 0 bridgehead atoms. The summed E-state index contributed by atoms with van der Waals surface area (Å²) >= 11 is 0. The van der Waals surface area contributed by atoms with Crippen LogP contribution in [0.3, 0.4) is 0 Å². The number of hydrogen-bond acceptors (Lipinski definition) is 6. The summed E-state index contributed by atoms with van der Waals surface area (Å²) in [5.74, 6) is 8.33. The van der Waals surface area contributed by atoms with Crippen molar-refractivity contribution in [1.29, 1.82) is 0 Å². The molecule has 0 aromatic carbocycles. The zero-order valence-electron chi connectivity index (χ0n) is 11.2. The van der Waals surface area contributed by atoms with Gasteiger partial charge in [-0.3, -0.25) is 0 Å². The summed E-state index contributed by atoms with van der Waals surface area (Å²) in [6.07, 6.45) is 1.25. The third kappa shape index (κ3) is 2.48. The highest BCUT2D eigenvalue weighted by atomic mass is 15.3. The lowest BCUT2D eigenvalue weighted by molar-refractivity contribution is 0.295. The van der Waals surface area contributed by atoms with E-state index in [0.717, 1.165) is 12.4 Å². The van der Waals surface area contributed by atoms with Crippen molar-refractivity contribution in [1.82, 2.24) is 9.97 Å². The summed E-state index contributed by atoms with van der Waals surface area (Å²) in [4.78, 5) is 10.6. The van der Waals surface area contributed by atoms with Gasteiger partial charge in [0.1, 0.15) is 11.6 Å². The molecule has 1 aromatic rings. The van der Waals surface area contributed by atoms with Gasteiger partial charge in [-0.05, 0) is 25.2 Å². The third-order valence-corrected chi connectivity index (χ3v) is 3.77. The topological polar surface area (TPSA) is 93.1 Å². The van der Waals surface area contributed by atoms with E-state index in [1.807, 2.05) is 6.07 Å². The lowest BCUT2D eigenvalue weighted by Crippen LogP contribution is -2.46. The van der Waals surface area contributed by atoms with Crippen LogP contribution in [0, 0.1) is 11.8 Å². The molecule has 1 aliphatic rings. The Kier molecular flexibility index (Phi) is 3.56. The van der Waals surface area contributed by atoms with Crippen LogP contribution in [-0.4, -0.2) is 22.6 Å². The molecule has 100 valence electrons. The number of nitrogen functional groups attached to an aromatic ring is 2. The zero-order chi connectivity index (χ0) is 13.3. The molecule has 2 heterocycles. The van der Waals surface area contributed by atoms with Gasteiger partial charge in [-0.15, -0.1) is 0 Å². The molecule has 0 saturated carbocycles. The first-order chi connectivity index (χ1) is 8.51. The fourth-order valence-electron chi connectivity index (χ4n) is 2.69. The second-order valence-electron chi connectivity index (χ2n) is 5.33. The summed E-state index contributed by atoms with van der Waals surface area (Å²) in [6, 6.07) is 2.29. The van der Waals surface area contributed by atoms with E-state index in [4.69, 9.17) is 11.6 Å². The number of aromatic nitrogens is 2. The number of nitrogens with one attached hydrogen (secondary N) is 1. The molecule has 0 aliphatic carbocycles. The first-order valence-corrected chi connectivity index (χ1v) is 6.39. The van der Waals surface area contributed by atoms with E-state index in [1.54, 1.807) is 0 Å². The summed E-state index contributed by atoms with van der Waals surface area (Å²) in [5.41, 5.74) is 8.24. The minimum atomic E-state index is 0.249. The minimum absolute atomic E-state index is 0.249. The van der Waals surface area contributed by atoms with Crippen LogP contribution in [0.15, 0.2) is 6.07 Å². The predicted molar refractivity (Wildman–Crippen MR) is 74.0 cm³/mol. The molecule has 3 atom stereocenters. The smallest absolute Gasteiger partial charge is 0.223 e. The van der Waals surface area contributed by atoms with Crippen molar-refractivity contribution in [3.63, 3.8) is 0 Å². The highest BCUT2D eigenvalue weighted by molar-refractivity contribution is 5.53. The monoisotopic (exact) mass is 250 g/mol. The highest BCUT2D eigenvalue weighted by Gasteiger charge is 2.29. The number of hydrazine groups is 1. The Morgan fingerprint density at radius 1 is 1.33 bits per heavy atom. The van der Waals surface area contributed by atoms with E-state index >= 15 is 0 Å². The van der Waals surface area contributed by atoms with E-state index in [0.29, 0.717) is 23.7 Å². The maximum absolute atomic E-state index is 5.71. The van der Waals surface area contributed by atoms with Crippen LogP contribution in [0.1, 0.15) is 27.2 Å². The van der Waals surface area contributed by atoms with Crippen molar-refractivity contribution >= 4 is 17.6 Å². The van der Waals surface area contributed by atoms with E-state index in [2.05, 4.69) is 41.1 Å². The normalized spacial score (nSPS) is 28.2. The summed E-state index contributed by atoms with van der Waals surface area (Å²) in [6.45, 7) is 7.76. The van der Waals surface area contributed by atoms with Gasteiger partial charge < -0.3 is 16.1 Å². The number of anilines is 3. The fourth-order valence-corrected chi connectivity index (χ4v) is 2.69. The van der Waals surface area contributed by atoms with Crippen LogP contribution >= 0.6 is 0 Å². The molecule has 2 rings (SSSR count). The van der Waals surface area contributed by atoms with Gasteiger partial charge in [0.15, 0.2) is 0 Å². The third-order valence-electron chi connectivity index (χ3n) is 3.77. The molecule has 1 aromatic heterocycles. The molecular formula is C12H22N6. The summed E-state index contributed by atoms with van der Waals surface area (Å²) < 4.78 is 0. The maximum Gasteiger partial charge on any atom is 0.223 e. The largest absolute Gasteiger partial charge is 0.368 e. The van der Waals surface area contributed by atoms with Gasteiger partial charge in [0.25, 0.3) is 0 Å². The van der Waals surface area contributed by atoms with Crippen molar-refractivity contribution in [2.24, 2.45) is 17.7 Å². The zero-order valence-corrected chi connectivity index (χ0v) is 11.2. The van der Waals surface area contributed by atoms with Crippen LogP contribution < -0.4 is 21.9 Å². The lowest BCUT2D eigenvalue weighted by Gasteiger charge is -2.41. The van der Waals surface area contributed by atoms with Gasteiger partial charge >= 0.3 is 0 Å². The molecule has 5 N–H and O–H groups in total. The molecular weight excluding hydrogens is 228 g/mol. The molecule has 1 fully saturated rings. The van der Waals surface area contributed by atoms with Gasteiger partial charge in [-0.2, -0.15) is 9.97 Å². The Morgan fingerprint density at radius 3 is 2.72 bits per heavy atom. The molecule has 0 radical (unpaired) electrons. The van der Waals surface area contributed by atoms with Crippen molar-refractivity contribution < 1.29 is 0 Å². The van der Waals surface area contributed by atoms with Gasteiger partial charge in [0, 0.05) is 18.7 Å². The van der Waals surface area contributed by atoms with Crippen LogP contribution in [0.4, 0.5) is 17.6 Å². The predicted octanol–water partition coefficient (Wildman–Crippen LogP) is 1.22. The number of nitrogens with zero attached hydrogens (tertiary/aromatic N) is 3. The van der Waals surface area contributed by atoms with Crippen molar-refractivity contribution in [3.8, 4) is 0 Å². The van der Waals surface area contributed by atoms with Crippen molar-refractivity contribution in [2.45, 2.75) is 33.2 Å². The first-order valence-electron chi connectivity index (χ1n) is 6.39. The van der Waals surface area contributed by atoms with Crippen LogP contribution in [-0.2, 0) is 0 Å². The van der Waals surface area contributed by atoms with Crippen molar-refractivity contribution in [3.05, 3.63) is 6.07 Å². The van der Waals surface area contributed by atoms with E-state index < -0.39 is 0 Å². The average molecular weight is 250 g/mol. The number of hydrogen-bond donors (Lipinski definition) is 3. The van der Waals surface area contributed by atoms with E-state index in [-0.39, 0.29) is 5.95 Å². The molecule has 1 aliphatic heterocycles. The second-order valence-corrected chi connectivity index (χ2v) is 5.33. The highest BCUT2D eigenvalue weighted by Crippen LogP contribution is 2.31. The molecule has 0 spiro atoms. The summed E-state index contributed by atoms with van der Waals surface area (Å²) in [7, 11) is 0. The second kappa shape index (κ2) is 4.97. The van der Waals surface area contributed by atoms with Crippen LogP contribution in [0.2, 0.25) is 0 Å². The number of piperidine rings is 1. The Balaban J connectivity index is 2.31. The Bertz CT molecular complexity index is 421. The number of rotatable bonds is 2. The molecule has 6 heteroatoms. The number of nitrogens with two attached hydrogens (primary N) is 2. The van der Waals surface area contributed by atoms with Crippen molar-refractivity contribution in [2.75, 3.05) is 22.6 Å². The van der Waals surface area contributed by atoms with E-state index in [1.165, 1.54) is 6.42 Å². The van der Waals surface area contributed by atoms with Gasteiger partial charge in [0.2, 0.25) is 5.95 Å². The summed E-state index contributed by atoms with van der Waals surface area (Å²) in [5, 5.41) is 0. The van der Waals surface area contributed by atoms with Crippen LogP contribution in [0.5, 0.6) is 0 Å². The molecule has 6 nitrogen and oxygen atoms in total. The fraction of sp³-hybridized carbons (Fsp3) is 0.667. The minimum Gasteiger partial charge on any atom is -0.368 e. The Hall–Kier alpha value is -1.56.